The number of nitrogens with one attached hydrogen (secondary N) is 1. The number of piperidine rings is 1. The molecule has 1 amide bonds. The molecule has 7 nitrogen and oxygen atoms in total. The van der Waals surface area contributed by atoms with Crippen LogP contribution in [-0.2, 0) is 6.42 Å². The molecule has 7 heteroatoms. The largest absolute Gasteiger partial charge is 0.454 e. The van der Waals surface area contributed by atoms with E-state index in [1.54, 1.807) is 19.4 Å². The van der Waals surface area contributed by atoms with Gasteiger partial charge in [0, 0.05) is 32.5 Å². The van der Waals surface area contributed by atoms with Crippen molar-refractivity contribution < 1.29 is 14.3 Å². The average molecular weight is 368 g/mol. The quantitative estimate of drug-likeness (QED) is 0.894. The highest BCUT2D eigenvalue weighted by Crippen LogP contribution is 2.37. The van der Waals surface area contributed by atoms with Crippen LogP contribution < -0.4 is 14.8 Å². The van der Waals surface area contributed by atoms with Crippen molar-refractivity contribution >= 4 is 11.9 Å². The zero-order valence-electron chi connectivity index (χ0n) is 15.7. The number of amides is 1. The Bertz CT molecular complexity index is 840. The summed E-state index contributed by atoms with van der Waals surface area (Å²) >= 11 is 0. The van der Waals surface area contributed by atoms with Crippen LogP contribution in [-0.4, -0.2) is 47.7 Å². The number of anilines is 1. The molecule has 1 fully saturated rings. The molecule has 0 bridgehead atoms. The number of hydrogen-bond donors (Lipinski definition) is 1. The standard InChI is InChI=1S/C20H24N4O3/c1-20(9-14-4-5-16-17(8-14)27-13-26-16)6-3-7-24(12-20)18(25)15-10-22-19(21-2)23-11-15/h4-5,8,10-11H,3,6-7,9,12-13H2,1-2H3,(H,21,22,23)/t20-/m0/s1. The van der Waals surface area contributed by atoms with Gasteiger partial charge in [-0.05, 0) is 42.4 Å². The van der Waals surface area contributed by atoms with Gasteiger partial charge in [-0.1, -0.05) is 13.0 Å². The van der Waals surface area contributed by atoms with Gasteiger partial charge in [0.1, 0.15) is 0 Å². The van der Waals surface area contributed by atoms with E-state index in [2.05, 4.69) is 34.3 Å². The minimum atomic E-state index is -0.00531. The number of fused-ring (bicyclic) bond motifs is 1. The highest BCUT2D eigenvalue weighted by Gasteiger charge is 2.34. The number of nitrogens with zero attached hydrogens (tertiary/aromatic N) is 3. The molecule has 0 spiro atoms. The molecule has 3 heterocycles. The fourth-order valence-electron chi connectivity index (χ4n) is 3.93. The first-order valence-electron chi connectivity index (χ1n) is 9.24. The minimum Gasteiger partial charge on any atom is -0.454 e. The Balaban J connectivity index is 1.46. The summed E-state index contributed by atoms with van der Waals surface area (Å²) in [5.74, 6) is 2.11. The van der Waals surface area contributed by atoms with Crippen molar-refractivity contribution in [3.8, 4) is 11.5 Å². The molecule has 4 rings (SSSR count). The van der Waals surface area contributed by atoms with Gasteiger partial charge in [-0.15, -0.1) is 0 Å². The van der Waals surface area contributed by atoms with Crippen LogP contribution in [0.5, 0.6) is 11.5 Å². The molecule has 2 aliphatic heterocycles. The molecule has 1 aromatic carbocycles. The van der Waals surface area contributed by atoms with E-state index >= 15 is 0 Å². The fraction of sp³-hybridized carbons (Fsp3) is 0.450. The van der Waals surface area contributed by atoms with E-state index in [0.717, 1.165) is 37.3 Å². The summed E-state index contributed by atoms with van der Waals surface area (Å²) in [5, 5.41) is 2.86. The first-order chi connectivity index (χ1) is 13.1. The third-order valence-corrected chi connectivity index (χ3v) is 5.26. The van der Waals surface area contributed by atoms with E-state index in [9.17, 15) is 4.79 Å². The van der Waals surface area contributed by atoms with Crippen LogP contribution >= 0.6 is 0 Å². The maximum Gasteiger partial charge on any atom is 0.257 e. The van der Waals surface area contributed by atoms with Gasteiger partial charge in [-0.3, -0.25) is 4.79 Å². The van der Waals surface area contributed by atoms with Gasteiger partial charge in [0.25, 0.3) is 5.91 Å². The van der Waals surface area contributed by atoms with Gasteiger partial charge in [-0.25, -0.2) is 9.97 Å². The number of carbonyl (C=O) groups excluding carboxylic acids is 1. The molecular formula is C20H24N4O3. The number of rotatable bonds is 4. The van der Waals surface area contributed by atoms with Crippen LogP contribution in [0, 0.1) is 5.41 Å². The minimum absolute atomic E-state index is 0.00531. The first-order valence-corrected chi connectivity index (χ1v) is 9.24. The highest BCUT2D eigenvalue weighted by molar-refractivity contribution is 5.93. The van der Waals surface area contributed by atoms with Crippen LogP contribution in [0.1, 0.15) is 35.7 Å². The van der Waals surface area contributed by atoms with E-state index in [-0.39, 0.29) is 18.1 Å². The molecule has 0 radical (unpaired) electrons. The van der Waals surface area contributed by atoms with Gasteiger partial charge in [-0.2, -0.15) is 0 Å². The molecule has 1 atom stereocenters. The van der Waals surface area contributed by atoms with E-state index in [4.69, 9.17) is 9.47 Å². The zero-order chi connectivity index (χ0) is 18.9. The van der Waals surface area contributed by atoms with E-state index in [1.807, 2.05) is 11.0 Å². The molecule has 27 heavy (non-hydrogen) atoms. The summed E-state index contributed by atoms with van der Waals surface area (Å²) < 4.78 is 10.9. The summed E-state index contributed by atoms with van der Waals surface area (Å²) in [4.78, 5) is 23.1. The summed E-state index contributed by atoms with van der Waals surface area (Å²) in [6, 6.07) is 6.11. The number of hydrogen-bond acceptors (Lipinski definition) is 6. The molecule has 1 saturated heterocycles. The second-order valence-electron chi connectivity index (χ2n) is 7.55. The molecular weight excluding hydrogens is 344 g/mol. The lowest BCUT2D eigenvalue weighted by atomic mass is 9.77. The van der Waals surface area contributed by atoms with Crippen LogP contribution in [0.4, 0.5) is 5.95 Å². The number of aromatic nitrogens is 2. The van der Waals surface area contributed by atoms with Crippen molar-refractivity contribution in [1.29, 1.82) is 0 Å². The van der Waals surface area contributed by atoms with Crippen molar-refractivity contribution in [2.45, 2.75) is 26.2 Å². The number of benzene rings is 1. The van der Waals surface area contributed by atoms with Gasteiger partial charge in [0.2, 0.25) is 12.7 Å². The number of likely N-dealkylation sites (tertiary alicyclic amines) is 1. The van der Waals surface area contributed by atoms with Crippen molar-refractivity contribution in [3.63, 3.8) is 0 Å². The summed E-state index contributed by atoms with van der Waals surface area (Å²) in [5.41, 5.74) is 1.76. The lowest BCUT2D eigenvalue weighted by Gasteiger charge is -2.40. The van der Waals surface area contributed by atoms with E-state index < -0.39 is 0 Å². The Morgan fingerprint density at radius 3 is 2.81 bits per heavy atom. The Morgan fingerprint density at radius 2 is 2.04 bits per heavy atom. The second kappa shape index (κ2) is 7.06. The molecule has 1 aromatic heterocycles. The predicted octanol–water partition coefficient (Wildman–Crippen LogP) is 2.73. The summed E-state index contributed by atoms with van der Waals surface area (Å²) in [6.07, 6.45) is 6.14. The third-order valence-electron chi connectivity index (χ3n) is 5.26. The summed E-state index contributed by atoms with van der Waals surface area (Å²) in [6.45, 7) is 4.02. The van der Waals surface area contributed by atoms with Crippen LogP contribution in [0.2, 0.25) is 0 Å². The molecule has 0 aliphatic carbocycles. The van der Waals surface area contributed by atoms with Crippen LogP contribution in [0.15, 0.2) is 30.6 Å². The van der Waals surface area contributed by atoms with Gasteiger partial charge >= 0.3 is 0 Å². The predicted molar refractivity (Wildman–Crippen MR) is 101 cm³/mol. The number of carbonyl (C=O) groups is 1. The Kier molecular flexibility index (Phi) is 4.59. The van der Waals surface area contributed by atoms with Crippen molar-refractivity contribution in [1.82, 2.24) is 14.9 Å². The molecule has 2 aliphatic rings. The van der Waals surface area contributed by atoms with E-state index in [1.165, 1.54) is 5.56 Å². The maximum absolute atomic E-state index is 12.9. The Morgan fingerprint density at radius 1 is 1.26 bits per heavy atom. The lowest BCUT2D eigenvalue weighted by Crippen LogP contribution is -2.45. The lowest BCUT2D eigenvalue weighted by molar-refractivity contribution is 0.0550. The summed E-state index contributed by atoms with van der Waals surface area (Å²) in [7, 11) is 1.75. The Labute approximate surface area is 158 Å². The number of ether oxygens (including phenoxy) is 2. The smallest absolute Gasteiger partial charge is 0.257 e. The molecule has 2 aromatic rings. The Hall–Kier alpha value is -2.83. The molecule has 142 valence electrons. The molecule has 1 N–H and O–H groups in total. The van der Waals surface area contributed by atoms with Crippen molar-refractivity contribution in [2.24, 2.45) is 5.41 Å². The highest BCUT2D eigenvalue weighted by atomic mass is 16.7. The van der Waals surface area contributed by atoms with Crippen molar-refractivity contribution in [2.75, 3.05) is 32.2 Å². The normalized spacial score (nSPS) is 21.2. The maximum atomic E-state index is 12.9. The zero-order valence-corrected chi connectivity index (χ0v) is 15.7. The second-order valence-corrected chi connectivity index (χ2v) is 7.55. The van der Waals surface area contributed by atoms with Gasteiger partial charge in [0.05, 0.1) is 5.56 Å². The van der Waals surface area contributed by atoms with Crippen LogP contribution in [0.3, 0.4) is 0 Å². The van der Waals surface area contributed by atoms with Gasteiger partial charge < -0.3 is 19.7 Å². The first kappa shape index (κ1) is 17.6. The monoisotopic (exact) mass is 368 g/mol. The topological polar surface area (TPSA) is 76.6 Å². The average Bonchev–Trinajstić information content (AvgIpc) is 3.15. The molecule has 0 unspecified atom stereocenters. The van der Waals surface area contributed by atoms with E-state index in [0.29, 0.717) is 18.1 Å². The van der Waals surface area contributed by atoms with Gasteiger partial charge in [0.15, 0.2) is 11.5 Å². The van der Waals surface area contributed by atoms with Crippen LogP contribution in [0.25, 0.3) is 0 Å². The SMILES string of the molecule is CNc1ncc(C(=O)N2CCC[C@@](C)(Cc3ccc4c(c3)OCO4)C2)cn1. The molecule has 0 saturated carbocycles. The fourth-order valence-corrected chi connectivity index (χ4v) is 3.93. The third kappa shape index (κ3) is 3.67. The van der Waals surface area contributed by atoms with Crippen molar-refractivity contribution in [3.05, 3.63) is 41.7 Å².